The smallest absolute Gasteiger partial charge is 0.258 e. The van der Waals surface area contributed by atoms with Crippen LogP contribution in [0.4, 0.5) is 17.1 Å². The van der Waals surface area contributed by atoms with E-state index in [0.29, 0.717) is 5.69 Å². The van der Waals surface area contributed by atoms with E-state index >= 15 is 0 Å². The van der Waals surface area contributed by atoms with Gasteiger partial charge in [0.2, 0.25) is 0 Å². The highest BCUT2D eigenvalue weighted by Crippen LogP contribution is 2.19. The van der Waals surface area contributed by atoms with Crippen LogP contribution in [-0.2, 0) is 0 Å². The molecule has 1 heterocycles. The van der Waals surface area contributed by atoms with Crippen LogP contribution in [0.1, 0.15) is 0 Å². The maximum Gasteiger partial charge on any atom is 0.271 e. The second-order valence-corrected chi connectivity index (χ2v) is 12.1. The molecule has 0 radical (unpaired) electrons. The average molecular weight is 426 g/mol. The van der Waals surface area contributed by atoms with E-state index < -0.39 is 17.9 Å². The summed E-state index contributed by atoms with van der Waals surface area (Å²) in [5.74, 6) is 0. The van der Waals surface area contributed by atoms with Gasteiger partial charge in [-0.3, -0.25) is 20.2 Å². The van der Waals surface area contributed by atoms with Crippen LogP contribution in [0.25, 0.3) is 16.1 Å². The molecule has 3 aromatic rings. The van der Waals surface area contributed by atoms with E-state index in [1.165, 1.54) is 36.4 Å². The van der Waals surface area contributed by atoms with Gasteiger partial charge in [0.25, 0.3) is 11.4 Å². The molecule has 3 rings (SSSR count). The summed E-state index contributed by atoms with van der Waals surface area (Å²) in [6.45, 7) is 6.53. The Kier molecular flexibility index (Phi) is 6.96. The molecule has 0 aliphatic rings. The van der Waals surface area contributed by atoms with Crippen LogP contribution in [-0.4, -0.2) is 32.9 Å². The lowest BCUT2D eigenvalue weighted by atomic mass is 10.3. The first-order chi connectivity index (χ1) is 14.1. The first-order valence-corrected chi connectivity index (χ1v) is 12.1. The molecular formula is C17H18N8O4Si. The summed E-state index contributed by atoms with van der Waals surface area (Å²) in [4.78, 5) is 22.5. The Morgan fingerprint density at radius 3 is 2.17 bits per heavy atom. The van der Waals surface area contributed by atoms with Gasteiger partial charge < -0.3 is 0 Å². The third-order valence-corrected chi connectivity index (χ3v) is 5.53. The van der Waals surface area contributed by atoms with Crippen molar-refractivity contribution >= 4 is 30.5 Å². The molecule has 0 N–H and O–H groups in total. The van der Waals surface area contributed by atoms with Gasteiger partial charge in [-0.2, -0.15) is 0 Å². The van der Waals surface area contributed by atoms with E-state index in [9.17, 15) is 20.2 Å². The molecule has 2 aromatic carbocycles. The molecule has 0 bridgehead atoms. The molecule has 154 valence electrons. The maximum absolute atomic E-state index is 10.7. The number of nitrogens with zero attached hydrogens (tertiary/aromatic N) is 8. The lowest BCUT2D eigenvalue weighted by Gasteiger charge is -2.09. The highest BCUT2D eigenvalue weighted by atomic mass is 28.3. The van der Waals surface area contributed by atoms with Crippen LogP contribution in [0, 0.1) is 20.2 Å². The summed E-state index contributed by atoms with van der Waals surface area (Å²) >= 11 is 0. The fourth-order valence-corrected chi connectivity index (χ4v) is 3.06. The van der Waals surface area contributed by atoms with Gasteiger partial charge in [0.05, 0.1) is 20.9 Å². The molecule has 0 saturated heterocycles. The third kappa shape index (κ3) is 5.95. The molecule has 0 aliphatic carbocycles. The molecule has 0 amide bonds. The van der Waals surface area contributed by atoms with Crippen LogP contribution in [0.2, 0.25) is 19.6 Å². The number of benzene rings is 2. The van der Waals surface area contributed by atoms with Crippen molar-refractivity contribution in [1.29, 1.82) is 0 Å². The van der Waals surface area contributed by atoms with E-state index in [-0.39, 0.29) is 17.1 Å². The number of non-ortho nitro benzene ring substituents is 2. The molecular weight excluding hydrogens is 408 g/mol. The Balaban J connectivity index is 0.000000232. The van der Waals surface area contributed by atoms with Crippen molar-refractivity contribution < 1.29 is 9.85 Å². The summed E-state index contributed by atoms with van der Waals surface area (Å²) in [5, 5.41) is 33.3. The summed E-state index contributed by atoms with van der Waals surface area (Å²) in [6.07, 6.45) is 1.85. The first kappa shape index (κ1) is 22.2. The molecule has 0 saturated carbocycles. The number of rotatable bonds is 5. The number of hydrogen-bond acceptors (Lipinski definition) is 7. The molecule has 0 aliphatic heterocycles. The van der Waals surface area contributed by atoms with Crippen molar-refractivity contribution in [1.82, 2.24) is 15.0 Å². The average Bonchev–Trinajstić information content (AvgIpc) is 3.20. The lowest BCUT2D eigenvalue weighted by molar-refractivity contribution is -0.385. The number of aromatic nitrogens is 3. The fourth-order valence-electron chi connectivity index (χ4n) is 2.20. The van der Waals surface area contributed by atoms with Crippen LogP contribution < -0.4 is 5.32 Å². The highest BCUT2D eigenvalue weighted by molar-refractivity contribution is 6.88. The van der Waals surface area contributed by atoms with Gasteiger partial charge in [-0.05, 0) is 11.6 Å². The largest absolute Gasteiger partial charge is 0.271 e. The minimum absolute atomic E-state index is 0.0533. The molecule has 0 spiro atoms. The summed E-state index contributed by atoms with van der Waals surface area (Å²) in [5.41, 5.74) is 8.90. The third-order valence-electron chi connectivity index (χ3n) is 3.77. The van der Waals surface area contributed by atoms with E-state index in [1.54, 1.807) is 16.8 Å². The molecule has 13 heteroatoms. The summed E-state index contributed by atoms with van der Waals surface area (Å²) in [7, 11) is -1.51. The van der Waals surface area contributed by atoms with Crippen LogP contribution in [0.3, 0.4) is 0 Å². The zero-order valence-corrected chi connectivity index (χ0v) is 17.4. The predicted molar refractivity (Wildman–Crippen MR) is 113 cm³/mol. The Hall–Kier alpha value is -4.09. The van der Waals surface area contributed by atoms with Crippen molar-refractivity contribution in [2.75, 3.05) is 0 Å². The Morgan fingerprint density at radius 1 is 1.03 bits per heavy atom. The highest BCUT2D eigenvalue weighted by Gasteiger charge is 2.21. The minimum Gasteiger partial charge on any atom is -0.258 e. The summed E-state index contributed by atoms with van der Waals surface area (Å²) in [6, 6.07) is 11.9. The lowest BCUT2D eigenvalue weighted by Crippen LogP contribution is -2.38. The second-order valence-electron chi connectivity index (χ2n) is 7.04. The molecule has 0 fully saturated rings. The normalized spacial score (nSPS) is 10.4. The predicted octanol–water partition coefficient (Wildman–Crippen LogP) is 4.26. The SMILES string of the molecule is C[Si](C)(C)c1cn(-c2cccc([N+](=O)[O-])c2)nn1.[N-]=[N+]=Nc1cccc([N+](=O)[O-])c1. The Morgan fingerprint density at radius 2 is 1.63 bits per heavy atom. The molecule has 0 unspecified atom stereocenters. The van der Waals surface area contributed by atoms with Gasteiger partial charge >= 0.3 is 0 Å². The molecule has 1 aromatic heterocycles. The van der Waals surface area contributed by atoms with Gasteiger partial charge in [0, 0.05) is 41.1 Å². The van der Waals surface area contributed by atoms with Crippen LogP contribution in [0.15, 0.2) is 59.8 Å². The fraction of sp³-hybridized carbons (Fsp3) is 0.176. The zero-order valence-electron chi connectivity index (χ0n) is 16.4. The van der Waals surface area contributed by atoms with E-state index in [2.05, 4.69) is 40.0 Å². The Labute approximate surface area is 171 Å². The van der Waals surface area contributed by atoms with Crippen molar-refractivity contribution in [3.63, 3.8) is 0 Å². The zero-order chi connectivity index (χ0) is 22.3. The minimum atomic E-state index is -1.51. The van der Waals surface area contributed by atoms with Gasteiger partial charge in [-0.15, -0.1) is 5.10 Å². The number of nitro benzene ring substituents is 2. The molecule has 0 atom stereocenters. The van der Waals surface area contributed by atoms with Crippen LogP contribution in [0.5, 0.6) is 0 Å². The van der Waals surface area contributed by atoms with E-state index in [1.807, 2.05) is 6.20 Å². The van der Waals surface area contributed by atoms with Crippen LogP contribution >= 0.6 is 0 Å². The molecule has 12 nitrogen and oxygen atoms in total. The quantitative estimate of drug-likeness (QED) is 0.147. The maximum atomic E-state index is 10.7. The van der Waals surface area contributed by atoms with Gasteiger partial charge in [-0.1, -0.05) is 48.2 Å². The number of hydrogen-bond donors (Lipinski definition) is 0. The van der Waals surface area contributed by atoms with E-state index in [4.69, 9.17) is 5.53 Å². The molecule has 30 heavy (non-hydrogen) atoms. The summed E-state index contributed by atoms with van der Waals surface area (Å²) < 4.78 is 1.58. The second kappa shape index (κ2) is 9.40. The number of nitro groups is 2. The van der Waals surface area contributed by atoms with Crippen molar-refractivity contribution in [2.45, 2.75) is 19.6 Å². The monoisotopic (exact) mass is 426 g/mol. The van der Waals surface area contributed by atoms with Crippen molar-refractivity contribution in [2.24, 2.45) is 5.11 Å². The van der Waals surface area contributed by atoms with Crippen molar-refractivity contribution in [3.05, 3.63) is 85.4 Å². The Bertz CT molecular complexity index is 1100. The van der Waals surface area contributed by atoms with Gasteiger partial charge in [0.1, 0.15) is 8.07 Å². The van der Waals surface area contributed by atoms with Gasteiger partial charge in [-0.25, -0.2) is 4.68 Å². The topological polar surface area (TPSA) is 166 Å². The van der Waals surface area contributed by atoms with Gasteiger partial charge in [0.15, 0.2) is 0 Å². The first-order valence-electron chi connectivity index (χ1n) is 8.59. The van der Waals surface area contributed by atoms with E-state index in [0.717, 1.165) is 5.32 Å². The number of azide groups is 1. The van der Waals surface area contributed by atoms with Crippen molar-refractivity contribution in [3.8, 4) is 5.69 Å². The standard InChI is InChI=1S/C11H14N4O2Si.C6H4N4O2/c1-18(2,3)11-8-14(13-12-11)9-5-4-6-10(7-9)15(16)17;7-9-8-5-2-1-3-6(4-5)10(11)12/h4-8H,1-3H3;1-4H.